The van der Waals surface area contributed by atoms with Crippen LogP contribution in [-0.4, -0.2) is 29.0 Å². The van der Waals surface area contributed by atoms with E-state index in [0.717, 1.165) is 25.8 Å². The average Bonchev–Trinajstić information content (AvgIpc) is 2.46. The Balaban J connectivity index is 2.09. The molecule has 1 aromatic rings. The molecule has 0 saturated carbocycles. The van der Waals surface area contributed by atoms with Crippen LogP contribution < -0.4 is 5.32 Å². The molecule has 0 amide bonds. The standard InChI is InChI=1S/C13H19N3O4/c1-2-13(17)20-9-5-3-4-8-14-12-7-6-11(10-15-12)16(18)19/h6-7,10H,2-5,8-9H2,1H3,(H,14,15). The first-order chi connectivity index (χ1) is 9.63. The Morgan fingerprint density at radius 3 is 2.80 bits per heavy atom. The van der Waals surface area contributed by atoms with Gasteiger partial charge in [0.2, 0.25) is 0 Å². The summed E-state index contributed by atoms with van der Waals surface area (Å²) >= 11 is 0. The second-order valence-electron chi connectivity index (χ2n) is 4.22. The number of rotatable bonds is 9. The molecule has 1 aromatic heterocycles. The van der Waals surface area contributed by atoms with Crippen LogP contribution in [0.15, 0.2) is 18.3 Å². The lowest BCUT2D eigenvalue weighted by atomic mass is 10.2. The molecular weight excluding hydrogens is 262 g/mol. The number of anilines is 1. The molecule has 0 saturated heterocycles. The smallest absolute Gasteiger partial charge is 0.305 e. The summed E-state index contributed by atoms with van der Waals surface area (Å²) in [5, 5.41) is 13.5. The first kappa shape index (κ1) is 15.9. The summed E-state index contributed by atoms with van der Waals surface area (Å²) in [6.45, 7) is 2.96. The first-order valence-electron chi connectivity index (χ1n) is 6.63. The van der Waals surface area contributed by atoms with E-state index in [2.05, 4.69) is 10.3 Å². The molecule has 7 heteroatoms. The van der Waals surface area contributed by atoms with E-state index in [4.69, 9.17) is 4.74 Å². The highest BCUT2D eigenvalue weighted by molar-refractivity contribution is 5.68. The Morgan fingerprint density at radius 2 is 2.20 bits per heavy atom. The predicted octanol–water partition coefficient (Wildman–Crippen LogP) is 2.53. The number of pyridine rings is 1. The lowest BCUT2D eigenvalue weighted by Gasteiger charge is -2.05. The van der Waals surface area contributed by atoms with Crippen molar-refractivity contribution in [2.24, 2.45) is 0 Å². The molecule has 0 radical (unpaired) electrons. The molecule has 1 N–H and O–H groups in total. The van der Waals surface area contributed by atoms with E-state index in [9.17, 15) is 14.9 Å². The molecule has 7 nitrogen and oxygen atoms in total. The maximum Gasteiger partial charge on any atom is 0.305 e. The van der Waals surface area contributed by atoms with Crippen LogP contribution in [0.25, 0.3) is 0 Å². The first-order valence-corrected chi connectivity index (χ1v) is 6.63. The number of hydrogen-bond donors (Lipinski definition) is 1. The van der Waals surface area contributed by atoms with Crippen molar-refractivity contribution < 1.29 is 14.5 Å². The van der Waals surface area contributed by atoms with E-state index in [-0.39, 0.29) is 11.7 Å². The van der Waals surface area contributed by atoms with E-state index >= 15 is 0 Å². The zero-order valence-electron chi connectivity index (χ0n) is 11.5. The number of esters is 1. The van der Waals surface area contributed by atoms with Gasteiger partial charge < -0.3 is 10.1 Å². The predicted molar refractivity (Wildman–Crippen MR) is 74.5 cm³/mol. The van der Waals surface area contributed by atoms with Crippen LogP contribution in [0.2, 0.25) is 0 Å². The van der Waals surface area contributed by atoms with Gasteiger partial charge in [-0.1, -0.05) is 6.92 Å². The Kier molecular flexibility index (Phi) is 7.02. The fraction of sp³-hybridized carbons (Fsp3) is 0.538. The molecule has 0 aliphatic heterocycles. The number of nitrogens with one attached hydrogen (secondary N) is 1. The molecule has 110 valence electrons. The molecule has 0 aliphatic rings. The van der Waals surface area contributed by atoms with Crippen molar-refractivity contribution in [1.29, 1.82) is 0 Å². The van der Waals surface area contributed by atoms with Crippen LogP contribution in [0.4, 0.5) is 11.5 Å². The number of carbonyl (C=O) groups excluding carboxylic acids is 1. The van der Waals surface area contributed by atoms with Crippen molar-refractivity contribution in [3.8, 4) is 0 Å². The molecule has 0 bridgehead atoms. The van der Waals surface area contributed by atoms with Gasteiger partial charge in [-0.2, -0.15) is 0 Å². The van der Waals surface area contributed by atoms with Crippen molar-refractivity contribution in [3.63, 3.8) is 0 Å². The quantitative estimate of drug-likeness (QED) is 0.323. The average molecular weight is 281 g/mol. The molecule has 0 spiro atoms. The maximum atomic E-state index is 10.9. The zero-order valence-corrected chi connectivity index (χ0v) is 11.5. The molecule has 0 atom stereocenters. The summed E-state index contributed by atoms with van der Waals surface area (Å²) < 4.78 is 4.96. The zero-order chi connectivity index (χ0) is 14.8. The summed E-state index contributed by atoms with van der Waals surface area (Å²) in [7, 11) is 0. The van der Waals surface area contributed by atoms with Crippen LogP contribution in [0.5, 0.6) is 0 Å². The fourth-order valence-corrected chi connectivity index (χ4v) is 1.51. The SMILES string of the molecule is CCC(=O)OCCCCCNc1ccc([N+](=O)[O-])cn1. The van der Waals surface area contributed by atoms with Gasteiger partial charge in [-0.3, -0.25) is 14.9 Å². The van der Waals surface area contributed by atoms with Gasteiger partial charge in [0.25, 0.3) is 5.69 Å². The van der Waals surface area contributed by atoms with Crippen molar-refractivity contribution in [2.45, 2.75) is 32.6 Å². The van der Waals surface area contributed by atoms with E-state index < -0.39 is 4.92 Å². The highest BCUT2D eigenvalue weighted by atomic mass is 16.6. The van der Waals surface area contributed by atoms with E-state index in [1.807, 2.05) is 0 Å². The Morgan fingerprint density at radius 1 is 1.40 bits per heavy atom. The van der Waals surface area contributed by atoms with Crippen molar-refractivity contribution in [1.82, 2.24) is 4.98 Å². The molecule has 1 rings (SSSR count). The number of nitro groups is 1. The summed E-state index contributed by atoms with van der Waals surface area (Å²) in [4.78, 5) is 24.8. The molecule has 0 fully saturated rings. The molecule has 0 unspecified atom stereocenters. The summed E-state index contributed by atoms with van der Waals surface area (Å²) in [5.74, 6) is 0.450. The van der Waals surface area contributed by atoms with E-state index in [0.29, 0.717) is 18.8 Å². The van der Waals surface area contributed by atoms with Gasteiger partial charge in [0.1, 0.15) is 12.0 Å². The number of aromatic nitrogens is 1. The van der Waals surface area contributed by atoms with Crippen molar-refractivity contribution >= 4 is 17.5 Å². The Hall–Kier alpha value is -2.18. The topological polar surface area (TPSA) is 94.4 Å². The molecule has 20 heavy (non-hydrogen) atoms. The number of carbonyl (C=O) groups is 1. The van der Waals surface area contributed by atoms with Gasteiger partial charge >= 0.3 is 5.97 Å². The normalized spacial score (nSPS) is 10.1. The largest absolute Gasteiger partial charge is 0.466 e. The lowest BCUT2D eigenvalue weighted by molar-refractivity contribution is -0.385. The highest BCUT2D eigenvalue weighted by Gasteiger charge is 2.04. The van der Waals surface area contributed by atoms with E-state index in [1.54, 1.807) is 13.0 Å². The minimum Gasteiger partial charge on any atom is -0.466 e. The third-order valence-electron chi connectivity index (χ3n) is 2.64. The summed E-state index contributed by atoms with van der Waals surface area (Å²) in [6.07, 6.45) is 4.33. The molecule has 1 heterocycles. The lowest BCUT2D eigenvalue weighted by Crippen LogP contribution is -2.06. The van der Waals surface area contributed by atoms with Crippen molar-refractivity contribution in [2.75, 3.05) is 18.5 Å². The maximum absolute atomic E-state index is 10.9. The second kappa shape index (κ2) is 8.84. The van der Waals surface area contributed by atoms with Crippen LogP contribution in [0, 0.1) is 10.1 Å². The Labute approximate surface area is 117 Å². The van der Waals surface area contributed by atoms with Crippen LogP contribution in [-0.2, 0) is 9.53 Å². The van der Waals surface area contributed by atoms with Gasteiger partial charge in [0.05, 0.1) is 11.5 Å². The second-order valence-corrected chi connectivity index (χ2v) is 4.22. The van der Waals surface area contributed by atoms with Gasteiger partial charge in [-0.15, -0.1) is 0 Å². The monoisotopic (exact) mass is 281 g/mol. The third kappa shape index (κ3) is 6.12. The summed E-state index contributed by atoms with van der Waals surface area (Å²) in [5.41, 5.74) is -0.0201. The minimum absolute atomic E-state index is 0.0201. The molecule has 0 aliphatic carbocycles. The van der Waals surface area contributed by atoms with Crippen LogP contribution in [0.1, 0.15) is 32.6 Å². The molecular formula is C13H19N3O4. The van der Waals surface area contributed by atoms with Gasteiger partial charge in [0, 0.05) is 19.0 Å². The molecule has 0 aromatic carbocycles. The summed E-state index contributed by atoms with van der Waals surface area (Å²) in [6, 6.07) is 3.00. The minimum atomic E-state index is -0.478. The fourth-order valence-electron chi connectivity index (χ4n) is 1.51. The van der Waals surface area contributed by atoms with Gasteiger partial charge in [-0.25, -0.2) is 4.98 Å². The number of hydrogen-bond acceptors (Lipinski definition) is 6. The van der Waals surface area contributed by atoms with Gasteiger partial charge in [0.15, 0.2) is 0 Å². The number of unbranched alkanes of at least 4 members (excludes halogenated alkanes) is 2. The van der Waals surface area contributed by atoms with E-state index in [1.165, 1.54) is 12.3 Å². The number of nitrogens with zero attached hydrogens (tertiary/aromatic N) is 2. The number of ether oxygens (including phenoxy) is 1. The Bertz CT molecular complexity index is 434. The van der Waals surface area contributed by atoms with Crippen molar-refractivity contribution in [3.05, 3.63) is 28.4 Å². The highest BCUT2D eigenvalue weighted by Crippen LogP contribution is 2.11. The van der Waals surface area contributed by atoms with Crippen LogP contribution in [0.3, 0.4) is 0 Å². The third-order valence-corrected chi connectivity index (χ3v) is 2.64. The van der Waals surface area contributed by atoms with Crippen LogP contribution >= 0.6 is 0 Å². The van der Waals surface area contributed by atoms with Gasteiger partial charge in [-0.05, 0) is 25.3 Å².